The Morgan fingerprint density at radius 3 is 2.50 bits per heavy atom. The van der Waals surface area contributed by atoms with Gasteiger partial charge in [-0.15, -0.1) is 0 Å². The highest BCUT2D eigenvalue weighted by atomic mass is 32.2. The zero-order chi connectivity index (χ0) is 11.2. The minimum absolute atomic E-state index is 0.0462. The lowest BCUT2D eigenvalue weighted by molar-refractivity contribution is -0.137. The van der Waals surface area contributed by atoms with Crippen molar-refractivity contribution in [3.63, 3.8) is 0 Å². The Hall–Kier alpha value is -0.660. The molecule has 0 heterocycles. The third-order valence-corrected chi connectivity index (χ3v) is 2.83. The minimum atomic E-state index is -3.45. The van der Waals surface area contributed by atoms with E-state index in [9.17, 15) is 13.2 Å². The van der Waals surface area contributed by atoms with Crippen LogP contribution in [0.15, 0.2) is 0 Å². The number of carboxylic acids is 1. The van der Waals surface area contributed by atoms with E-state index < -0.39 is 22.1 Å². The molecule has 6 nitrogen and oxygen atoms in total. The molecule has 0 fully saturated rings. The van der Waals surface area contributed by atoms with Gasteiger partial charge in [0.15, 0.2) is 0 Å². The van der Waals surface area contributed by atoms with Gasteiger partial charge in [-0.1, -0.05) is 0 Å². The molecule has 14 heavy (non-hydrogen) atoms. The maximum atomic E-state index is 11.1. The van der Waals surface area contributed by atoms with Gasteiger partial charge >= 0.3 is 5.97 Å². The van der Waals surface area contributed by atoms with E-state index in [0.29, 0.717) is 0 Å². The third kappa shape index (κ3) is 7.96. The molecule has 0 saturated carbocycles. The van der Waals surface area contributed by atoms with Gasteiger partial charge in [0.05, 0.1) is 11.9 Å². The summed E-state index contributed by atoms with van der Waals surface area (Å²) in [6.45, 7) is 1.41. The summed E-state index contributed by atoms with van der Waals surface area (Å²) in [6, 6.07) is 0. The molecule has 0 aromatic heterocycles. The Bertz CT molecular complexity index is 272. The summed E-state index contributed by atoms with van der Waals surface area (Å²) in [5.74, 6) is -1.25. The average molecular weight is 225 g/mol. The molecule has 0 bridgehead atoms. The number of hydrogen-bond donors (Lipinski definition) is 3. The number of rotatable bonds is 7. The number of hydrogen-bond acceptors (Lipinski definition) is 4. The van der Waals surface area contributed by atoms with Crippen LogP contribution in [-0.4, -0.2) is 43.0 Å². The van der Waals surface area contributed by atoms with Gasteiger partial charge in [0.2, 0.25) is 10.0 Å². The minimum Gasteiger partial charge on any atom is -0.481 e. The SMILES string of the molecule is C[C@@H](O)CNS(=O)(=O)CCCC(=O)O. The maximum Gasteiger partial charge on any atom is 0.303 e. The molecule has 7 heteroatoms. The molecule has 3 N–H and O–H groups in total. The third-order valence-electron chi connectivity index (χ3n) is 1.40. The fraction of sp³-hybridized carbons (Fsp3) is 0.857. The summed E-state index contributed by atoms with van der Waals surface area (Å²) >= 11 is 0. The molecular weight excluding hydrogens is 210 g/mol. The highest BCUT2D eigenvalue weighted by Gasteiger charge is 2.11. The Labute approximate surface area is 83.0 Å². The van der Waals surface area contributed by atoms with Crippen molar-refractivity contribution in [1.29, 1.82) is 0 Å². The summed E-state index contributed by atoms with van der Waals surface area (Å²) in [4.78, 5) is 10.1. The lowest BCUT2D eigenvalue weighted by atomic mass is 10.3. The molecule has 0 radical (unpaired) electrons. The fourth-order valence-electron chi connectivity index (χ4n) is 0.733. The summed E-state index contributed by atoms with van der Waals surface area (Å²) in [5.41, 5.74) is 0. The summed E-state index contributed by atoms with van der Waals surface area (Å²) < 4.78 is 24.4. The number of aliphatic hydroxyl groups is 1. The van der Waals surface area contributed by atoms with Crippen molar-refractivity contribution in [3.05, 3.63) is 0 Å². The van der Waals surface area contributed by atoms with Crippen LogP contribution in [0.5, 0.6) is 0 Å². The van der Waals surface area contributed by atoms with Crippen molar-refractivity contribution in [2.75, 3.05) is 12.3 Å². The lowest BCUT2D eigenvalue weighted by Crippen LogP contribution is -2.32. The number of aliphatic carboxylic acids is 1. The first kappa shape index (κ1) is 13.3. The normalized spacial score (nSPS) is 13.9. The molecule has 0 aromatic carbocycles. The second kappa shape index (κ2) is 5.94. The fourth-order valence-corrected chi connectivity index (χ4v) is 1.90. The van der Waals surface area contributed by atoms with Crippen molar-refractivity contribution in [3.8, 4) is 0 Å². The van der Waals surface area contributed by atoms with E-state index >= 15 is 0 Å². The van der Waals surface area contributed by atoms with Gasteiger partial charge < -0.3 is 10.2 Å². The van der Waals surface area contributed by atoms with Crippen LogP contribution in [0, 0.1) is 0 Å². The second-order valence-corrected chi connectivity index (χ2v) is 4.94. The number of carboxylic acid groups (broad SMARTS) is 1. The monoisotopic (exact) mass is 225 g/mol. The molecule has 0 saturated heterocycles. The first-order chi connectivity index (χ1) is 6.33. The van der Waals surface area contributed by atoms with Gasteiger partial charge in [-0.25, -0.2) is 13.1 Å². The number of nitrogens with one attached hydrogen (secondary N) is 1. The predicted molar refractivity (Wildman–Crippen MR) is 50.3 cm³/mol. The van der Waals surface area contributed by atoms with E-state index in [1.54, 1.807) is 0 Å². The standard InChI is InChI=1S/C7H15NO5S/c1-6(9)5-8-14(12,13)4-2-3-7(10)11/h6,8-9H,2-5H2,1H3,(H,10,11)/t6-/m1/s1. The Morgan fingerprint density at radius 1 is 1.50 bits per heavy atom. The zero-order valence-electron chi connectivity index (χ0n) is 7.93. The summed E-state index contributed by atoms with van der Waals surface area (Å²) in [7, 11) is -3.45. The van der Waals surface area contributed by atoms with Gasteiger partial charge in [0.25, 0.3) is 0 Å². The van der Waals surface area contributed by atoms with Crippen molar-refractivity contribution in [2.24, 2.45) is 0 Å². The highest BCUT2D eigenvalue weighted by Crippen LogP contribution is 1.94. The van der Waals surface area contributed by atoms with E-state index in [2.05, 4.69) is 4.72 Å². The average Bonchev–Trinajstić information content (AvgIpc) is 2.00. The Balaban J connectivity index is 3.79. The molecule has 0 aliphatic rings. The highest BCUT2D eigenvalue weighted by molar-refractivity contribution is 7.89. The molecule has 0 aliphatic carbocycles. The van der Waals surface area contributed by atoms with Gasteiger partial charge in [-0.05, 0) is 13.3 Å². The van der Waals surface area contributed by atoms with Gasteiger partial charge in [-0.3, -0.25) is 4.79 Å². The van der Waals surface area contributed by atoms with Crippen LogP contribution in [0.2, 0.25) is 0 Å². The molecular formula is C7H15NO5S. The van der Waals surface area contributed by atoms with Crippen LogP contribution in [0.4, 0.5) is 0 Å². The molecule has 1 atom stereocenters. The topological polar surface area (TPSA) is 104 Å². The maximum absolute atomic E-state index is 11.1. The van der Waals surface area contributed by atoms with Crippen LogP contribution in [-0.2, 0) is 14.8 Å². The smallest absolute Gasteiger partial charge is 0.303 e. The van der Waals surface area contributed by atoms with Gasteiger partial charge in [-0.2, -0.15) is 0 Å². The number of aliphatic hydroxyl groups excluding tert-OH is 1. The zero-order valence-corrected chi connectivity index (χ0v) is 8.75. The van der Waals surface area contributed by atoms with E-state index in [4.69, 9.17) is 10.2 Å². The van der Waals surface area contributed by atoms with Crippen molar-refractivity contribution in [1.82, 2.24) is 4.72 Å². The number of sulfonamides is 1. The van der Waals surface area contributed by atoms with Crippen LogP contribution >= 0.6 is 0 Å². The lowest BCUT2D eigenvalue weighted by Gasteiger charge is -2.07. The van der Waals surface area contributed by atoms with Crippen LogP contribution in [0.1, 0.15) is 19.8 Å². The molecule has 0 rings (SSSR count). The molecule has 0 spiro atoms. The van der Waals surface area contributed by atoms with E-state index in [0.717, 1.165) is 0 Å². The van der Waals surface area contributed by atoms with Crippen molar-refractivity contribution >= 4 is 16.0 Å². The first-order valence-electron chi connectivity index (χ1n) is 4.20. The van der Waals surface area contributed by atoms with Crippen molar-refractivity contribution in [2.45, 2.75) is 25.9 Å². The quantitative estimate of drug-likeness (QED) is 0.523. The Morgan fingerprint density at radius 2 is 2.07 bits per heavy atom. The first-order valence-corrected chi connectivity index (χ1v) is 5.86. The van der Waals surface area contributed by atoms with Crippen LogP contribution < -0.4 is 4.72 Å². The van der Waals surface area contributed by atoms with Gasteiger partial charge in [0, 0.05) is 13.0 Å². The van der Waals surface area contributed by atoms with E-state index in [-0.39, 0.29) is 25.1 Å². The largest absolute Gasteiger partial charge is 0.481 e. The van der Waals surface area contributed by atoms with Crippen LogP contribution in [0.3, 0.4) is 0 Å². The molecule has 0 amide bonds. The van der Waals surface area contributed by atoms with E-state index in [1.165, 1.54) is 6.92 Å². The molecule has 0 aromatic rings. The van der Waals surface area contributed by atoms with E-state index in [1.807, 2.05) is 0 Å². The van der Waals surface area contributed by atoms with Crippen molar-refractivity contribution < 1.29 is 23.4 Å². The molecule has 84 valence electrons. The van der Waals surface area contributed by atoms with Crippen LogP contribution in [0.25, 0.3) is 0 Å². The summed E-state index contributed by atoms with van der Waals surface area (Å²) in [5, 5.41) is 17.1. The second-order valence-electron chi connectivity index (χ2n) is 3.01. The predicted octanol–water partition coefficient (Wildman–Crippen LogP) is -0.849. The number of carbonyl (C=O) groups is 1. The summed E-state index contributed by atoms with van der Waals surface area (Å²) in [6.07, 6.45) is -0.843. The molecule has 0 aliphatic heterocycles. The Kier molecular flexibility index (Phi) is 5.66. The van der Waals surface area contributed by atoms with Gasteiger partial charge in [0.1, 0.15) is 0 Å². The molecule has 0 unspecified atom stereocenters.